The van der Waals surface area contributed by atoms with E-state index in [1.165, 1.54) is 31.6 Å². The van der Waals surface area contributed by atoms with Crippen LogP contribution in [0.1, 0.15) is 69.7 Å². The second-order valence-electron chi connectivity index (χ2n) is 13.7. The maximum Gasteiger partial charge on any atom is 0.271 e. The third kappa shape index (κ3) is 6.70. The Labute approximate surface area is 274 Å². The molecular formula is C35H45FN6O5. The maximum atomic E-state index is 14.3. The predicted molar refractivity (Wildman–Crippen MR) is 178 cm³/mol. The van der Waals surface area contributed by atoms with Crippen molar-refractivity contribution in [3.8, 4) is 17.2 Å². The molecule has 1 aliphatic carbocycles. The van der Waals surface area contributed by atoms with E-state index in [-0.39, 0.29) is 40.5 Å². The molecule has 0 bridgehead atoms. The second-order valence-corrected chi connectivity index (χ2v) is 13.7. The van der Waals surface area contributed by atoms with Crippen LogP contribution in [0.25, 0.3) is 0 Å². The van der Waals surface area contributed by atoms with Gasteiger partial charge in [-0.3, -0.25) is 14.4 Å². The molecule has 12 heteroatoms. The number of hydrogen-bond donors (Lipinski definition) is 1. The molecule has 2 aromatic carbocycles. The van der Waals surface area contributed by atoms with Crippen molar-refractivity contribution >= 4 is 17.4 Å². The van der Waals surface area contributed by atoms with Gasteiger partial charge in [-0.25, -0.2) is 14.4 Å². The lowest BCUT2D eigenvalue weighted by atomic mass is 9.71. The summed E-state index contributed by atoms with van der Waals surface area (Å²) >= 11 is 0. The van der Waals surface area contributed by atoms with Crippen LogP contribution in [-0.4, -0.2) is 84.1 Å². The average molecular weight is 649 g/mol. The Bertz CT molecular complexity index is 1650. The van der Waals surface area contributed by atoms with Crippen LogP contribution in [0.5, 0.6) is 17.2 Å². The monoisotopic (exact) mass is 648 g/mol. The van der Waals surface area contributed by atoms with Crippen molar-refractivity contribution < 1.29 is 18.7 Å². The first-order chi connectivity index (χ1) is 22.6. The standard InChI is InChI=1S/C35H45FN6O5/c1-5-42(22(2)3)34(45)26-16-24(36)8-11-27(26)47-28-17-37-21-38-33(28)41-19-35(20-41)12-14-40(15-13-35)18-23-6-9-25(10-7-23)39-29-30(43)31(44)32(29)46-4/h8,11,16-17,21-23,25,39H,5-7,9-10,12-15,18-20H2,1-4H3. The smallest absolute Gasteiger partial charge is 0.271 e. The van der Waals surface area contributed by atoms with Gasteiger partial charge in [0, 0.05) is 43.7 Å². The highest BCUT2D eigenvalue weighted by molar-refractivity contribution is 5.97. The number of rotatable bonds is 11. The minimum atomic E-state index is -0.538. The van der Waals surface area contributed by atoms with Gasteiger partial charge in [-0.1, -0.05) is 0 Å². The van der Waals surface area contributed by atoms with Gasteiger partial charge in [-0.05, 0) is 96.5 Å². The predicted octanol–water partition coefficient (Wildman–Crippen LogP) is 4.46. The third-order valence-corrected chi connectivity index (χ3v) is 10.3. The second kappa shape index (κ2) is 13.6. The molecule has 1 aromatic heterocycles. The van der Waals surface area contributed by atoms with E-state index in [4.69, 9.17) is 9.47 Å². The molecule has 3 aliphatic rings. The number of carbonyl (C=O) groups excluding carboxylic acids is 1. The maximum absolute atomic E-state index is 14.3. The summed E-state index contributed by atoms with van der Waals surface area (Å²) in [7, 11) is 1.42. The summed E-state index contributed by atoms with van der Waals surface area (Å²) in [5.41, 5.74) is -0.254. The number of hydrogen-bond acceptors (Lipinski definition) is 10. The number of anilines is 2. The molecule has 1 N–H and O–H groups in total. The van der Waals surface area contributed by atoms with E-state index in [2.05, 4.69) is 25.1 Å². The SMILES string of the molecule is CCN(C(=O)c1cc(F)ccc1Oc1cncnc1N1CC2(CCN(CC3CCC(Nc4c(OC)c(=O)c4=O)CC3)CC2)C1)C(C)C. The lowest BCUT2D eigenvalue weighted by Gasteiger charge is -2.54. The zero-order valence-corrected chi connectivity index (χ0v) is 27.8. The molecule has 6 rings (SSSR count). The Kier molecular flexibility index (Phi) is 9.50. The highest BCUT2D eigenvalue weighted by atomic mass is 19.1. The number of benzene rings is 1. The van der Waals surface area contributed by atoms with Crippen LogP contribution in [0.3, 0.4) is 0 Å². The molecule has 3 heterocycles. The number of carbonyl (C=O) groups is 1. The van der Waals surface area contributed by atoms with Crippen LogP contribution in [0, 0.1) is 17.2 Å². The van der Waals surface area contributed by atoms with E-state index >= 15 is 0 Å². The number of likely N-dealkylation sites (tertiary alicyclic amines) is 1. The van der Waals surface area contributed by atoms with E-state index in [0.29, 0.717) is 29.7 Å². The fourth-order valence-corrected chi connectivity index (χ4v) is 7.59. The summed E-state index contributed by atoms with van der Waals surface area (Å²) in [6.07, 6.45) is 9.48. The molecule has 3 fully saturated rings. The first-order valence-electron chi connectivity index (χ1n) is 16.8. The van der Waals surface area contributed by atoms with Gasteiger partial charge in [0.05, 0.1) is 18.9 Å². The van der Waals surface area contributed by atoms with Gasteiger partial charge in [0.1, 0.15) is 23.6 Å². The summed E-state index contributed by atoms with van der Waals surface area (Å²) in [4.78, 5) is 52.1. The van der Waals surface area contributed by atoms with Gasteiger partial charge in [0.2, 0.25) is 0 Å². The Morgan fingerprint density at radius 3 is 2.49 bits per heavy atom. The van der Waals surface area contributed by atoms with Gasteiger partial charge in [-0.2, -0.15) is 0 Å². The number of aromatic nitrogens is 2. The third-order valence-electron chi connectivity index (χ3n) is 10.3. The van der Waals surface area contributed by atoms with E-state index < -0.39 is 16.7 Å². The number of ether oxygens (including phenoxy) is 2. The van der Waals surface area contributed by atoms with Crippen molar-refractivity contribution in [3.05, 3.63) is 62.6 Å². The van der Waals surface area contributed by atoms with Gasteiger partial charge in [0.25, 0.3) is 16.8 Å². The molecule has 11 nitrogen and oxygen atoms in total. The summed E-state index contributed by atoms with van der Waals surface area (Å²) in [6, 6.07) is 4.19. The lowest BCUT2D eigenvalue weighted by molar-refractivity contribution is 0.0623. The molecule has 0 radical (unpaired) electrons. The van der Waals surface area contributed by atoms with Gasteiger partial charge in [0.15, 0.2) is 17.3 Å². The summed E-state index contributed by atoms with van der Waals surface area (Å²) in [5.74, 6) is 1.42. The first-order valence-corrected chi connectivity index (χ1v) is 16.8. The lowest BCUT2D eigenvalue weighted by Crippen LogP contribution is -2.61. The normalized spacial score (nSPS) is 21.1. The number of methoxy groups -OCH3 is 1. The molecule has 0 atom stereocenters. The average Bonchev–Trinajstić information content (AvgIpc) is 3.06. The van der Waals surface area contributed by atoms with E-state index in [9.17, 15) is 18.8 Å². The molecule has 2 aliphatic heterocycles. The number of halogens is 1. The quantitative estimate of drug-likeness (QED) is 0.299. The molecule has 252 valence electrons. The Hall–Kier alpha value is -4.06. The zero-order chi connectivity index (χ0) is 33.3. The molecule has 0 unspecified atom stereocenters. The minimum Gasteiger partial charge on any atom is -0.491 e. The van der Waals surface area contributed by atoms with Crippen molar-refractivity contribution in [2.75, 3.05) is 56.6 Å². The highest BCUT2D eigenvalue weighted by Crippen LogP contribution is 2.45. The van der Waals surface area contributed by atoms with Crippen LogP contribution in [0.15, 0.2) is 40.3 Å². The highest BCUT2D eigenvalue weighted by Gasteiger charge is 2.46. The van der Waals surface area contributed by atoms with E-state index in [0.717, 1.165) is 71.2 Å². The molecular weight excluding hydrogens is 603 g/mol. The van der Waals surface area contributed by atoms with Crippen molar-refractivity contribution in [1.82, 2.24) is 19.8 Å². The van der Waals surface area contributed by atoms with Crippen molar-refractivity contribution in [1.29, 1.82) is 0 Å². The van der Waals surface area contributed by atoms with Crippen LogP contribution in [0.4, 0.5) is 15.9 Å². The first kappa shape index (κ1) is 32.9. The molecule has 47 heavy (non-hydrogen) atoms. The number of nitrogens with zero attached hydrogens (tertiary/aromatic N) is 5. The zero-order valence-electron chi connectivity index (χ0n) is 27.8. The minimum absolute atomic E-state index is 0.0397. The number of piperidine rings is 1. The van der Waals surface area contributed by atoms with Gasteiger partial charge >= 0.3 is 0 Å². The fraction of sp³-hybridized carbons (Fsp3) is 0.571. The topological polar surface area (TPSA) is 117 Å². The van der Waals surface area contributed by atoms with Crippen LogP contribution < -0.4 is 30.5 Å². The summed E-state index contributed by atoms with van der Waals surface area (Å²) in [5, 5.41) is 3.26. The molecule has 1 spiro atoms. The van der Waals surface area contributed by atoms with E-state index in [1.807, 2.05) is 20.8 Å². The van der Waals surface area contributed by atoms with Crippen molar-refractivity contribution in [3.63, 3.8) is 0 Å². The largest absolute Gasteiger partial charge is 0.491 e. The fourth-order valence-electron chi connectivity index (χ4n) is 7.59. The summed E-state index contributed by atoms with van der Waals surface area (Å²) < 4.78 is 25.6. The molecule has 1 amide bonds. The van der Waals surface area contributed by atoms with Crippen LogP contribution >= 0.6 is 0 Å². The van der Waals surface area contributed by atoms with E-state index in [1.54, 1.807) is 11.1 Å². The van der Waals surface area contributed by atoms with Crippen molar-refractivity contribution in [2.24, 2.45) is 11.3 Å². The number of amides is 1. The molecule has 3 aromatic rings. The van der Waals surface area contributed by atoms with Gasteiger partial charge in [-0.15, -0.1) is 0 Å². The molecule has 1 saturated carbocycles. The summed E-state index contributed by atoms with van der Waals surface area (Å²) in [6.45, 7) is 11.2. The Balaban J connectivity index is 1.01. The van der Waals surface area contributed by atoms with Crippen molar-refractivity contribution in [2.45, 2.75) is 71.4 Å². The number of nitrogens with one attached hydrogen (secondary N) is 1. The van der Waals surface area contributed by atoms with Crippen LogP contribution in [0.2, 0.25) is 0 Å². The molecule has 2 saturated heterocycles. The Morgan fingerprint density at radius 2 is 1.83 bits per heavy atom. The van der Waals surface area contributed by atoms with Crippen LogP contribution in [-0.2, 0) is 0 Å². The van der Waals surface area contributed by atoms with Gasteiger partial charge < -0.3 is 29.5 Å². The Morgan fingerprint density at radius 1 is 1.11 bits per heavy atom.